The average molecular weight is 305 g/mol. The Bertz CT molecular complexity index is 596. The molecule has 0 bridgehead atoms. The van der Waals surface area contributed by atoms with Crippen molar-refractivity contribution in [3.63, 3.8) is 0 Å². The average Bonchev–Trinajstić information content (AvgIpc) is 3.17. The molecule has 1 aromatic rings. The summed E-state index contributed by atoms with van der Waals surface area (Å²) < 4.78 is 17.4. The molecule has 1 saturated heterocycles. The zero-order valence-electron chi connectivity index (χ0n) is 13.3. The van der Waals surface area contributed by atoms with Gasteiger partial charge in [0.2, 0.25) is 0 Å². The number of carbonyl (C=O) groups is 1. The van der Waals surface area contributed by atoms with Gasteiger partial charge in [0.05, 0.1) is 22.9 Å². The van der Waals surface area contributed by atoms with E-state index >= 15 is 0 Å². The first kappa shape index (κ1) is 15.3. The number of ether oxygens (including phenoxy) is 1. The SMILES string of the molecule is CC1(C)OB(c2ccc(OC3CC3)c(C(=O)O)n2)OC1(C)C. The van der Waals surface area contributed by atoms with Gasteiger partial charge in [0, 0.05) is 0 Å². The number of hydrogen-bond donors (Lipinski definition) is 1. The highest BCUT2D eigenvalue weighted by Gasteiger charge is 2.52. The van der Waals surface area contributed by atoms with Crippen LogP contribution in [0.5, 0.6) is 5.75 Å². The second-order valence-electron chi connectivity index (χ2n) is 6.79. The van der Waals surface area contributed by atoms with Gasteiger partial charge < -0.3 is 19.2 Å². The van der Waals surface area contributed by atoms with E-state index in [1.54, 1.807) is 12.1 Å². The van der Waals surface area contributed by atoms with Gasteiger partial charge in [-0.15, -0.1) is 0 Å². The zero-order valence-corrected chi connectivity index (χ0v) is 13.3. The molecule has 0 radical (unpaired) electrons. The van der Waals surface area contributed by atoms with Gasteiger partial charge in [0.1, 0.15) is 0 Å². The minimum Gasteiger partial charge on any atom is -0.488 e. The molecule has 2 aliphatic rings. The van der Waals surface area contributed by atoms with E-state index in [0.29, 0.717) is 11.3 Å². The zero-order chi connectivity index (χ0) is 16.1. The smallest absolute Gasteiger partial charge is 0.488 e. The second-order valence-corrected chi connectivity index (χ2v) is 6.79. The molecular weight excluding hydrogens is 285 g/mol. The third kappa shape index (κ3) is 2.70. The number of pyridine rings is 1. The van der Waals surface area contributed by atoms with Gasteiger partial charge in [0.15, 0.2) is 11.4 Å². The van der Waals surface area contributed by atoms with E-state index in [2.05, 4.69) is 4.98 Å². The molecule has 1 N–H and O–H groups in total. The van der Waals surface area contributed by atoms with Gasteiger partial charge in [-0.25, -0.2) is 9.78 Å². The highest BCUT2D eigenvalue weighted by molar-refractivity contribution is 6.61. The van der Waals surface area contributed by atoms with Crippen LogP contribution in [-0.2, 0) is 9.31 Å². The second kappa shape index (κ2) is 4.96. The van der Waals surface area contributed by atoms with E-state index in [4.69, 9.17) is 14.0 Å². The quantitative estimate of drug-likeness (QED) is 0.852. The van der Waals surface area contributed by atoms with E-state index in [9.17, 15) is 9.90 Å². The van der Waals surface area contributed by atoms with E-state index in [1.807, 2.05) is 27.7 Å². The van der Waals surface area contributed by atoms with Gasteiger partial charge in [-0.1, -0.05) is 0 Å². The fourth-order valence-electron chi connectivity index (χ4n) is 2.17. The monoisotopic (exact) mass is 305 g/mol. The summed E-state index contributed by atoms with van der Waals surface area (Å²) in [6.45, 7) is 7.76. The van der Waals surface area contributed by atoms with Crippen LogP contribution in [0.2, 0.25) is 0 Å². The lowest BCUT2D eigenvalue weighted by Crippen LogP contribution is -2.41. The molecule has 1 aliphatic heterocycles. The molecule has 0 aromatic carbocycles. The third-order valence-electron chi connectivity index (χ3n) is 4.40. The van der Waals surface area contributed by atoms with Crippen LogP contribution in [0.25, 0.3) is 0 Å². The molecule has 1 aliphatic carbocycles. The van der Waals surface area contributed by atoms with E-state index in [1.165, 1.54) is 0 Å². The standard InChI is InChI=1S/C15H20BNO5/c1-14(2)15(3,4)22-16(21-14)11-8-7-10(20-9-5-6-9)12(17-11)13(18)19/h7-9H,5-6H2,1-4H3,(H,18,19). The Hall–Kier alpha value is -1.60. The van der Waals surface area contributed by atoms with Gasteiger partial charge in [-0.05, 0) is 52.7 Å². The number of carboxylic acids is 1. The van der Waals surface area contributed by atoms with Gasteiger partial charge in [-0.2, -0.15) is 0 Å². The first-order chi connectivity index (χ1) is 10.2. The lowest BCUT2D eigenvalue weighted by Gasteiger charge is -2.32. The van der Waals surface area contributed by atoms with Crippen LogP contribution in [0.1, 0.15) is 51.0 Å². The molecule has 0 atom stereocenters. The summed E-state index contributed by atoms with van der Waals surface area (Å²) in [5, 5.41) is 9.35. The predicted molar refractivity (Wildman–Crippen MR) is 80.6 cm³/mol. The van der Waals surface area contributed by atoms with E-state index < -0.39 is 24.3 Å². The number of carboxylic acid groups (broad SMARTS) is 1. The van der Waals surface area contributed by atoms with Gasteiger partial charge in [-0.3, -0.25) is 0 Å². The normalized spacial score (nSPS) is 22.6. The van der Waals surface area contributed by atoms with Crippen LogP contribution in [-0.4, -0.2) is 40.5 Å². The lowest BCUT2D eigenvalue weighted by molar-refractivity contribution is 0.00578. The van der Waals surface area contributed by atoms with Crippen LogP contribution >= 0.6 is 0 Å². The molecule has 0 amide bonds. The largest absolute Gasteiger partial charge is 0.514 e. The molecular formula is C15H20BNO5. The lowest BCUT2D eigenvalue weighted by atomic mass is 9.84. The minimum atomic E-state index is -1.12. The highest BCUT2D eigenvalue weighted by atomic mass is 16.7. The van der Waals surface area contributed by atoms with Gasteiger partial charge >= 0.3 is 13.1 Å². The number of rotatable bonds is 4. The van der Waals surface area contributed by atoms with Gasteiger partial charge in [0.25, 0.3) is 0 Å². The summed E-state index contributed by atoms with van der Waals surface area (Å²) in [4.78, 5) is 15.6. The van der Waals surface area contributed by atoms with Crippen LogP contribution < -0.4 is 10.3 Å². The topological polar surface area (TPSA) is 77.9 Å². The molecule has 0 spiro atoms. The Labute approximate surface area is 129 Å². The van der Waals surface area contributed by atoms with Crippen LogP contribution in [0.3, 0.4) is 0 Å². The molecule has 2 fully saturated rings. The van der Waals surface area contributed by atoms with Crippen molar-refractivity contribution in [2.24, 2.45) is 0 Å². The highest BCUT2D eigenvalue weighted by Crippen LogP contribution is 2.36. The Balaban J connectivity index is 1.89. The fraction of sp³-hybridized carbons (Fsp3) is 0.600. The first-order valence-corrected chi connectivity index (χ1v) is 7.46. The number of nitrogens with zero attached hydrogens (tertiary/aromatic N) is 1. The molecule has 3 rings (SSSR count). The van der Waals surface area contributed by atoms with Crippen molar-refractivity contribution in [3.8, 4) is 5.75 Å². The number of hydrogen-bond acceptors (Lipinski definition) is 5. The first-order valence-electron chi connectivity index (χ1n) is 7.46. The third-order valence-corrected chi connectivity index (χ3v) is 4.40. The van der Waals surface area contributed by atoms with Crippen molar-refractivity contribution in [2.75, 3.05) is 0 Å². The van der Waals surface area contributed by atoms with Crippen molar-refractivity contribution in [2.45, 2.75) is 57.8 Å². The summed E-state index contributed by atoms with van der Waals surface area (Å²) in [6.07, 6.45) is 2.03. The maximum atomic E-state index is 11.4. The molecule has 1 aromatic heterocycles. The number of aromatic nitrogens is 1. The van der Waals surface area contributed by atoms with Crippen molar-refractivity contribution in [1.29, 1.82) is 0 Å². The maximum absolute atomic E-state index is 11.4. The molecule has 118 valence electrons. The molecule has 22 heavy (non-hydrogen) atoms. The summed E-state index contributed by atoms with van der Waals surface area (Å²) >= 11 is 0. The van der Waals surface area contributed by atoms with E-state index in [-0.39, 0.29) is 11.8 Å². The van der Waals surface area contributed by atoms with Crippen molar-refractivity contribution in [3.05, 3.63) is 17.8 Å². The number of aromatic carboxylic acids is 1. The summed E-state index contributed by atoms with van der Waals surface area (Å²) in [6, 6.07) is 3.33. The van der Waals surface area contributed by atoms with Crippen molar-refractivity contribution < 1.29 is 23.9 Å². The van der Waals surface area contributed by atoms with Crippen LogP contribution in [0.15, 0.2) is 12.1 Å². The molecule has 2 heterocycles. The Morgan fingerprint density at radius 1 is 1.27 bits per heavy atom. The van der Waals surface area contributed by atoms with Crippen LogP contribution in [0.4, 0.5) is 0 Å². The van der Waals surface area contributed by atoms with Crippen LogP contribution in [0, 0.1) is 0 Å². The molecule has 6 nitrogen and oxygen atoms in total. The Morgan fingerprint density at radius 2 is 1.86 bits per heavy atom. The maximum Gasteiger partial charge on any atom is 0.514 e. The Morgan fingerprint density at radius 3 is 2.36 bits per heavy atom. The summed E-state index contributed by atoms with van der Waals surface area (Å²) in [5.74, 6) is -0.815. The summed E-state index contributed by atoms with van der Waals surface area (Å²) in [5.41, 5.74) is -0.643. The van der Waals surface area contributed by atoms with E-state index in [0.717, 1.165) is 12.8 Å². The minimum absolute atomic E-state index is 0.0980. The van der Waals surface area contributed by atoms with Crippen molar-refractivity contribution >= 4 is 18.7 Å². The molecule has 1 saturated carbocycles. The Kier molecular flexibility index (Phi) is 3.45. The van der Waals surface area contributed by atoms with Crippen molar-refractivity contribution in [1.82, 2.24) is 4.98 Å². The summed E-state index contributed by atoms with van der Waals surface area (Å²) in [7, 11) is -0.682. The molecule has 7 heteroatoms. The fourth-order valence-corrected chi connectivity index (χ4v) is 2.17. The predicted octanol–water partition coefficient (Wildman–Crippen LogP) is 1.62. The molecule has 0 unspecified atom stereocenters.